The first-order chi connectivity index (χ1) is 8.63. The highest BCUT2D eigenvalue weighted by Crippen LogP contribution is 2.41. The SMILES string of the molecule is CCC1CCCC(CN)(N2CCCC(C)C2C)C1. The molecule has 1 aliphatic carbocycles. The molecule has 1 saturated heterocycles. The maximum Gasteiger partial charge on any atom is 0.0337 e. The molecular formula is C16H32N2. The molecule has 2 aliphatic rings. The van der Waals surface area contributed by atoms with Gasteiger partial charge >= 0.3 is 0 Å². The Morgan fingerprint density at radius 3 is 2.67 bits per heavy atom. The van der Waals surface area contributed by atoms with Crippen LogP contribution in [0.1, 0.15) is 65.7 Å². The molecule has 1 saturated carbocycles. The second-order valence-electron chi connectivity index (χ2n) is 6.85. The van der Waals surface area contributed by atoms with E-state index >= 15 is 0 Å². The van der Waals surface area contributed by atoms with Crippen LogP contribution in [0.5, 0.6) is 0 Å². The van der Waals surface area contributed by atoms with Crippen molar-refractivity contribution in [2.45, 2.75) is 77.3 Å². The Kier molecular flexibility index (Phi) is 4.71. The van der Waals surface area contributed by atoms with Crippen molar-refractivity contribution in [3.63, 3.8) is 0 Å². The van der Waals surface area contributed by atoms with E-state index in [0.29, 0.717) is 5.54 Å². The Bertz CT molecular complexity index is 266. The number of rotatable bonds is 3. The summed E-state index contributed by atoms with van der Waals surface area (Å²) in [5, 5.41) is 0. The third-order valence-electron chi connectivity index (χ3n) is 5.86. The van der Waals surface area contributed by atoms with Gasteiger partial charge in [-0.3, -0.25) is 4.90 Å². The molecular weight excluding hydrogens is 220 g/mol. The molecule has 0 aromatic rings. The minimum atomic E-state index is 0.326. The van der Waals surface area contributed by atoms with Gasteiger partial charge in [0.2, 0.25) is 0 Å². The van der Waals surface area contributed by atoms with Crippen LogP contribution in [0.15, 0.2) is 0 Å². The Morgan fingerprint density at radius 1 is 1.22 bits per heavy atom. The van der Waals surface area contributed by atoms with Gasteiger partial charge in [-0.05, 0) is 51.0 Å². The quantitative estimate of drug-likeness (QED) is 0.834. The molecule has 0 radical (unpaired) electrons. The standard InChI is InChI=1S/C16H32N2/c1-4-15-8-5-9-16(11-15,12-17)18-10-6-7-13(2)14(18)3/h13-15H,4-12,17H2,1-3H3. The summed E-state index contributed by atoms with van der Waals surface area (Å²) in [6, 6.07) is 0.720. The van der Waals surface area contributed by atoms with Crippen molar-refractivity contribution >= 4 is 0 Å². The van der Waals surface area contributed by atoms with Gasteiger partial charge in [-0.2, -0.15) is 0 Å². The molecule has 4 atom stereocenters. The fourth-order valence-corrected chi connectivity index (χ4v) is 4.38. The van der Waals surface area contributed by atoms with E-state index < -0.39 is 0 Å². The molecule has 4 unspecified atom stereocenters. The zero-order valence-corrected chi connectivity index (χ0v) is 12.6. The molecule has 2 nitrogen and oxygen atoms in total. The van der Waals surface area contributed by atoms with E-state index in [1.54, 1.807) is 0 Å². The van der Waals surface area contributed by atoms with Crippen molar-refractivity contribution in [1.82, 2.24) is 4.90 Å². The number of nitrogens with zero attached hydrogens (tertiary/aromatic N) is 1. The summed E-state index contributed by atoms with van der Waals surface area (Å²) in [6.07, 6.45) is 9.58. The Morgan fingerprint density at radius 2 is 2.00 bits per heavy atom. The normalized spacial score (nSPS) is 43.0. The number of piperidine rings is 1. The number of likely N-dealkylation sites (tertiary alicyclic amines) is 1. The van der Waals surface area contributed by atoms with Crippen LogP contribution >= 0.6 is 0 Å². The summed E-state index contributed by atoms with van der Waals surface area (Å²) in [7, 11) is 0. The lowest BCUT2D eigenvalue weighted by molar-refractivity contribution is -0.0300. The average molecular weight is 252 g/mol. The molecule has 2 N–H and O–H groups in total. The van der Waals surface area contributed by atoms with Crippen LogP contribution in [0.3, 0.4) is 0 Å². The van der Waals surface area contributed by atoms with Crippen LogP contribution in [0, 0.1) is 11.8 Å². The van der Waals surface area contributed by atoms with Gasteiger partial charge in [-0.15, -0.1) is 0 Å². The van der Waals surface area contributed by atoms with Gasteiger partial charge in [0, 0.05) is 18.1 Å². The maximum absolute atomic E-state index is 6.25. The predicted molar refractivity (Wildman–Crippen MR) is 78.6 cm³/mol. The van der Waals surface area contributed by atoms with Crippen LogP contribution in [0.2, 0.25) is 0 Å². The first-order valence-corrected chi connectivity index (χ1v) is 8.10. The molecule has 0 bridgehead atoms. The largest absolute Gasteiger partial charge is 0.329 e. The van der Waals surface area contributed by atoms with Crippen molar-refractivity contribution < 1.29 is 0 Å². The molecule has 0 aromatic heterocycles. The predicted octanol–water partition coefficient (Wildman–Crippen LogP) is 3.40. The summed E-state index contributed by atoms with van der Waals surface area (Å²) >= 11 is 0. The van der Waals surface area contributed by atoms with E-state index in [4.69, 9.17) is 5.73 Å². The molecule has 18 heavy (non-hydrogen) atoms. The number of hydrogen-bond acceptors (Lipinski definition) is 2. The maximum atomic E-state index is 6.25. The van der Waals surface area contributed by atoms with Gasteiger partial charge in [0.25, 0.3) is 0 Å². The van der Waals surface area contributed by atoms with Crippen LogP contribution in [0.25, 0.3) is 0 Å². The van der Waals surface area contributed by atoms with E-state index in [9.17, 15) is 0 Å². The second-order valence-corrected chi connectivity index (χ2v) is 6.85. The molecule has 0 spiro atoms. The fourth-order valence-electron chi connectivity index (χ4n) is 4.38. The summed E-state index contributed by atoms with van der Waals surface area (Å²) < 4.78 is 0. The Balaban J connectivity index is 2.15. The molecule has 2 heteroatoms. The highest BCUT2D eigenvalue weighted by Gasteiger charge is 2.43. The zero-order chi connectivity index (χ0) is 13.2. The Hall–Kier alpha value is -0.0800. The van der Waals surface area contributed by atoms with Gasteiger partial charge in [0.05, 0.1) is 0 Å². The van der Waals surface area contributed by atoms with Crippen molar-refractivity contribution in [2.24, 2.45) is 17.6 Å². The lowest BCUT2D eigenvalue weighted by Crippen LogP contribution is -2.61. The van der Waals surface area contributed by atoms with Crippen LogP contribution < -0.4 is 5.73 Å². The van der Waals surface area contributed by atoms with Gasteiger partial charge in [0.15, 0.2) is 0 Å². The summed E-state index contributed by atoms with van der Waals surface area (Å²) in [5.41, 5.74) is 6.58. The van der Waals surface area contributed by atoms with E-state index in [1.165, 1.54) is 51.5 Å². The highest BCUT2D eigenvalue weighted by atomic mass is 15.2. The van der Waals surface area contributed by atoms with Crippen molar-refractivity contribution in [3.8, 4) is 0 Å². The second kappa shape index (κ2) is 5.92. The Labute approximate surface area is 113 Å². The monoisotopic (exact) mass is 252 g/mol. The van der Waals surface area contributed by atoms with E-state index in [0.717, 1.165) is 24.4 Å². The van der Waals surface area contributed by atoms with Gasteiger partial charge in [-0.25, -0.2) is 0 Å². The van der Waals surface area contributed by atoms with Crippen molar-refractivity contribution in [1.29, 1.82) is 0 Å². The average Bonchev–Trinajstić information content (AvgIpc) is 2.41. The lowest BCUT2D eigenvalue weighted by Gasteiger charge is -2.54. The van der Waals surface area contributed by atoms with Gasteiger partial charge < -0.3 is 5.73 Å². The van der Waals surface area contributed by atoms with E-state index in [1.807, 2.05) is 0 Å². The summed E-state index contributed by atoms with van der Waals surface area (Å²) in [5.74, 6) is 1.75. The smallest absolute Gasteiger partial charge is 0.0337 e. The van der Waals surface area contributed by atoms with Crippen molar-refractivity contribution in [2.75, 3.05) is 13.1 Å². The van der Waals surface area contributed by atoms with Crippen LogP contribution in [-0.4, -0.2) is 29.6 Å². The minimum Gasteiger partial charge on any atom is -0.329 e. The fraction of sp³-hybridized carbons (Fsp3) is 1.00. The van der Waals surface area contributed by atoms with Crippen LogP contribution in [-0.2, 0) is 0 Å². The molecule has 1 heterocycles. The number of hydrogen-bond donors (Lipinski definition) is 1. The minimum absolute atomic E-state index is 0.326. The van der Waals surface area contributed by atoms with Crippen LogP contribution in [0.4, 0.5) is 0 Å². The van der Waals surface area contributed by atoms with Gasteiger partial charge in [0.1, 0.15) is 0 Å². The molecule has 0 aromatic carbocycles. The molecule has 1 aliphatic heterocycles. The highest BCUT2D eigenvalue weighted by molar-refractivity contribution is 5.00. The molecule has 2 rings (SSSR count). The first kappa shape index (κ1) is 14.3. The summed E-state index contributed by atoms with van der Waals surface area (Å²) in [6.45, 7) is 9.33. The third kappa shape index (κ3) is 2.60. The topological polar surface area (TPSA) is 29.3 Å². The van der Waals surface area contributed by atoms with E-state index in [2.05, 4.69) is 25.7 Å². The molecule has 106 valence electrons. The zero-order valence-electron chi connectivity index (χ0n) is 12.6. The molecule has 0 amide bonds. The number of nitrogens with two attached hydrogens (primary N) is 1. The van der Waals surface area contributed by atoms with Gasteiger partial charge in [-0.1, -0.05) is 33.1 Å². The van der Waals surface area contributed by atoms with Crippen molar-refractivity contribution in [3.05, 3.63) is 0 Å². The summed E-state index contributed by atoms with van der Waals surface area (Å²) in [4.78, 5) is 2.79. The molecule has 2 fully saturated rings. The lowest BCUT2D eigenvalue weighted by atomic mass is 9.71. The third-order valence-corrected chi connectivity index (χ3v) is 5.86. The first-order valence-electron chi connectivity index (χ1n) is 8.10. The van der Waals surface area contributed by atoms with E-state index in [-0.39, 0.29) is 0 Å².